The SMILES string of the molecule is Cn1c(NC(=O)CCc2cnn(-c3ccccc3)c2)nc2cc(Cl)ccc21. The monoisotopic (exact) mass is 379 g/mol. The average molecular weight is 380 g/mol. The predicted octanol–water partition coefficient (Wildman–Crippen LogP) is 3.98. The minimum absolute atomic E-state index is 0.0908. The molecule has 2 aromatic carbocycles. The third-order valence-corrected chi connectivity index (χ3v) is 4.63. The van der Waals surface area contributed by atoms with Crippen molar-refractivity contribution < 1.29 is 4.79 Å². The van der Waals surface area contributed by atoms with Gasteiger partial charge in [-0.3, -0.25) is 10.1 Å². The summed E-state index contributed by atoms with van der Waals surface area (Å²) in [4.78, 5) is 16.8. The topological polar surface area (TPSA) is 64.7 Å². The Hall–Kier alpha value is -3.12. The number of hydrogen-bond donors (Lipinski definition) is 1. The number of para-hydroxylation sites is 1. The van der Waals surface area contributed by atoms with E-state index < -0.39 is 0 Å². The van der Waals surface area contributed by atoms with Crippen LogP contribution < -0.4 is 5.32 Å². The number of hydrogen-bond acceptors (Lipinski definition) is 3. The van der Waals surface area contributed by atoms with Gasteiger partial charge in [-0.15, -0.1) is 0 Å². The smallest absolute Gasteiger partial charge is 0.227 e. The number of halogens is 1. The fourth-order valence-electron chi connectivity index (χ4n) is 2.94. The maximum absolute atomic E-state index is 12.3. The number of aromatic nitrogens is 4. The molecule has 0 aliphatic carbocycles. The second kappa shape index (κ2) is 7.25. The largest absolute Gasteiger partial charge is 0.313 e. The molecular formula is C20H18ClN5O. The van der Waals surface area contributed by atoms with Crippen molar-refractivity contribution in [1.82, 2.24) is 19.3 Å². The van der Waals surface area contributed by atoms with E-state index in [1.54, 1.807) is 12.3 Å². The molecule has 2 heterocycles. The fraction of sp³-hybridized carbons (Fsp3) is 0.150. The standard InChI is InChI=1S/C20H18ClN5O/c1-25-18-9-8-15(21)11-17(18)23-20(25)24-19(27)10-7-14-12-22-26(13-14)16-5-3-2-4-6-16/h2-6,8-9,11-13H,7,10H2,1H3,(H,23,24,27). The second-order valence-corrected chi connectivity index (χ2v) is 6.74. The lowest BCUT2D eigenvalue weighted by Crippen LogP contribution is -2.15. The summed E-state index contributed by atoms with van der Waals surface area (Å²) >= 11 is 6.01. The Labute approximate surface area is 161 Å². The zero-order valence-electron chi connectivity index (χ0n) is 14.8. The number of nitrogens with one attached hydrogen (secondary N) is 1. The van der Waals surface area contributed by atoms with E-state index in [4.69, 9.17) is 11.6 Å². The van der Waals surface area contributed by atoms with Gasteiger partial charge in [0.15, 0.2) is 0 Å². The van der Waals surface area contributed by atoms with Gasteiger partial charge in [0.1, 0.15) is 0 Å². The van der Waals surface area contributed by atoms with E-state index in [0.717, 1.165) is 22.3 Å². The van der Waals surface area contributed by atoms with Crippen molar-refractivity contribution in [3.05, 3.63) is 71.5 Å². The first-order chi connectivity index (χ1) is 13.1. The van der Waals surface area contributed by atoms with Crippen molar-refractivity contribution in [1.29, 1.82) is 0 Å². The number of amides is 1. The van der Waals surface area contributed by atoms with Gasteiger partial charge in [0.2, 0.25) is 11.9 Å². The molecule has 0 bridgehead atoms. The number of imidazole rings is 1. The molecule has 0 unspecified atom stereocenters. The molecule has 27 heavy (non-hydrogen) atoms. The molecule has 0 aliphatic rings. The van der Waals surface area contributed by atoms with Gasteiger partial charge in [-0.25, -0.2) is 9.67 Å². The van der Waals surface area contributed by atoms with Crippen LogP contribution in [0.2, 0.25) is 5.02 Å². The summed E-state index contributed by atoms with van der Waals surface area (Å²) < 4.78 is 3.65. The second-order valence-electron chi connectivity index (χ2n) is 6.30. The molecule has 0 fully saturated rings. The molecule has 1 N–H and O–H groups in total. The van der Waals surface area contributed by atoms with Crippen molar-refractivity contribution in [3.8, 4) is 5.69 Å². The van der Waals surface area contributed by atoms with Crippen LogP contribution in [0.15, 0.2) is 60.9 Å². The molecule has 0 spiro atoms. The Morgan fingerprint density at radius 3 is 2.81 bits per heavy atom. The van der Waals surface area contributed by atoms with Gasteiger partial charge in [-0.2, -0.15) is 5.10 Å². The lowest BCUT2D eigenvalue weighted by atomic mass is 10.2. The molecule has 7 heteroatoms. The first-order valence-electron chi connectivity index (χ1n) is 8.61. The molecule has 2 aromatic heterocycles. The number of anilines is 1. The first kappa shape index (κ1) is 17.3. The van der Waals surface area contributed by atoms with E-state index in [2.05, 4.69) is 15.4 Å². The molecule has 4 rings (SSSR count). The molecule has 0 atom stereocenters. The Morgan fingerprint density at radius 2 is 2.00 bits per heavy atom. The van der Waals surface area contributed by atoms with Crippen LogP contribution in [0.25, 0.3) is 16.7 Å². The highest BCUT2D eigenvalue weighted by molar-refractivity contribution is 6.31. The van der Waals surface area contributed by atoms with E-state index in [-0.39, 0.29) is 5.91 Å². The first-order valence-corrected chi connectivity index (χ1v) is 8.99. The highest BCUT2D eigenvalue weighted by Crippen LogP contribution is 2.22. The quantitative estimate of drug-likeness (QED) is 0.570. The Bertz CT molecular complexity index is 1100. The Kier molecular flexibility index (Phi) is 4.64. The minimum atomic E-state index is -0.0908. The molecule has 0 aliphatic heterocycles. The van der Waals surface area contributed by atoms with Crippen molar-refractivity contribution in [2.45, 2.75) is 12.8 Å². The summed E-state index contributed by atoms with van der Waals surface area (Å²) in [5.41, 5.74) is 3.67. The molecule has 6 nitrogen and oxygen atoms in total. The van der Waals surface area contributed by atoms with E-state index in [1.165, 1.54) is 0 Å². The van der Waals surface area contributed by atoms with Gasteiger partial charge < -0.3 is 4.57 Å². The summed E-state index contributed by atoms with van der Waals surface area (Å²) in [5.74, 6) is 0.421. The maximum atomic E-state index is 12.3. The third-order valence-electron chi connectivity index (χ3n) is 4.39. The summed E-state index contributed by atoms with van der Waals surface area (Å²) in [6, 6.07) is 15.4. The van der Waals surface area contributed by atoms with Gasteiger partial charge in [-0.1, -0.05) is 29.8 Å². The minimum Gasteiger partial charge on any atom is -0.313 e. The normalized spacial score (nSPS) is 11.0. The zero-order chi connectivity index (χ0) is 18.8. The molecule has 0 saturated heterocycles. The highest BCUT2D eigenvalue weighted by atomic mass is 35.5. The van der Waals surface area contributed by atoms with Gasteiger partial charge in [0.05, 0.1) is 22.9 Å². The molecule has 0 radical (unpaired) electrons. The van der Waals surface area contributed by atoms with Crippen LogP contribution in [0.5, 0.6) is 0 Å². The summed E-state index contributed by atoms with van der Waals surface area (Å²) in [6.07, 6.45) is 4.69. The van der Waals surface area contributed by atoms with E-state index in [9.17, 15) is 4.79 Å². The van der Waals surface area contributed by atoms with Gasteiger partial charge >= 0.3 is 0 Å². The average Bonchev–Trinajstić information content (AvgIpc) is 3.26. The summed E-state index contributed by atoms with van der Waals surface area (Å²) in [6.45, 7) is 0. The number of rotatable bonds is 5. The van der Waals surface area contributed by atoms with Crippen molar-refractivity contribution >= 4 is 34.5 Å². The lowest BCUT2D eigenvalue weighted by molar-refractivity contribution is -0.116. The molecule has 1 amide bonds. The van der Waals surface area contributed by atoms with Crippen molar-refractivity contribution in [2.24, 2.45) is 7.05 Å². The number of carbonyl (C=O) groups excluding carboxylic acids is 1. The lowest BCUT2D eigenvalue weighted by Gasteiger charge is -2.04. The summed E-state index contributed by atoms with van der Waals surface area (Å²) in [7, 11) is 1.86. The fourth-order valence-corrected chi connectivity index (χ4v) is 3.11. The molecular weight excluding hydrogens is 362 g/mol. The van der Waals surface area contributed by atoms with E-state index >= 15 is 0 Å². The Morgan fingerprint density at radius 1 is 1.19 bits per heavy atom. The number of fused-ring (bicyclic) bond motifs is 1. The van der Waals surface area contributed by atoms with Crippen LogP contribution in [0.4, 0.5) is 5.95 Å². The summed E-state index contributed by atoms with van der Waals surface area (Å²) in [5, 5.41) is 7.85. The number of aryl methyl sites for hydroxylation is 2. The van der Waals surface area contributed by atoms with Crippen LogP contribution in [-0.4, -0.2) is 25.2 Å². The number of carbonyl (C=O) groups is 1. The maximum Gasteiger partial charge on any atom is 0.227 e. The molecule has 136 valence electrons. The Balaban J connectivity index is 1.40. The van der Waals surface area contributed by atoms with Crippen LogP contribution in [0, 0.1) is 0 Å². The van der Waals surface area contributed by atoms with Crippen LogP contribution in [0.1, 0.15) is 12.0 Å². The third kappa shape index (κ3) is 3.71. The highest BCUT2D eigenvalue weighted by Gasteiger charge is 2.12. The molecule has 0 saturated carbocycles. The van der Waals surface area contributed by atoms with E-state index in [0.29, 0.717) is 23.8 Å². The van der Waals surface area contributed by atoms with Crippen molar-refractivity contribution in [3.63, 3.8) is 0 Å². The number of benzene rings is 2. The van der Waals surface area contributed by atoms with Crippen LogP contribution in [-0.2, 0) is 18.3 Å². The van der Waals surface area contributed by atoms with Crippen LogP contribution in [0.3, 0.4) is 0 Å². The molecule has 4 aromatic rings. The van der Waals surface area contributed by atoms with Crippen LogP contribution >= 0.6 is 11.6 Å². The number of nitrogens with zero attached hydrogens (tertiary/aromatic N) is 4. The van der Waals surface area contributed by atoms with Gasteiger partial charge in [0, 0.05) is 24.7 Å². The predicted molar refractivity (Wildman–Crippen MR) is 106 cm³/mol. The van der Waals surface area contributed by atoms with Gasteiger partial charge in [-0.05, 0) is 42.3 Å². The van der Waals surface area contributed by atoms with Crippen molar-refractivity contribution in [2.75, 3.05) is 5.32 Å². The van der Waals surface area contributed by atoms with E-state index in [1.807, 2.05) is 65.0 Å². The van der Waals surface area contributed by atoms with Gasteiger partial charge in [0.25, 0.3) is 0 Å². The zero-order valence-corrected chi connectivity index (χ0v) is 15.5.